The van der Waals surface area contributed by atoms with Crippen LogP contribution in [-0.4, -0.2) is 0 Å². The van der Waals surface area contributed by atoms with Gasteiger partial charge in [0.25, 0.3) is 0 Å². The van der Waals surface area contributed by atoms with Crippen molar-refractivity contribution >= 4 is 5.69 Å². The highest BCUT2D eigenvalue weighted by molar-refractivity contribution is 5.57. The number of fused-ring (bicyclic) bond motifs is 2. The Balaban J connectivity index is 2.14. The summed E-state index contributed by atoms with van der Waals surface area (Å²) in [6.07, 6.45) is 1.03. The van der Waals surface area contributed by atoms with Gasteiger partial charge < -0.3 is 5.32 Å². The third-order valence-electron chi connectivity index (χ3n) is 3.54. The second-order valence-electron chi connectivity index (χ2n) is 4.90. The molecular formula is C16H17N. The maximum Gasteiger partial charge on any atom is 0.0488 e. The van der Waals surface area contributed by atoms with E-state index in [1.54, 1.807) is 0 Å². The zero-order valence-corrected chi connectivity index (χ0v) is 10.3. The summed E-state index contributed by atoms with van der Waals surface area (Å²) in [7, 11) is 0. The first-order chi connectivity index (χ1) is 8.24. The lowest BCUT2D eigenvalue weighted by atomic mass is 9.96. The number of hydrogen-bond acceptors (Lipinski definition) is 1. The van der Waals surface area contributed by atoms with Gasteiger partial charge in [-0.1, -0.05) is 42.0 Å². The van der Waals surface area contributed by atoms with E-state index < -0.39 is 0 Å². The van der Waals surface area contributed by atoms with Crippen molar-refractivity contribution in [1.29, 1.82) is 0 Å². The van der Waals surface area contributed by atoms with E-state index in [2.05, 4.69) is 61.6 Å². The van der Waals surface area contributed by atoms with Crippen molar-refractivity contribution in [2.24, 2.45) is 0 Å². The van der Waals surface area contributed by atoms with Gasteiger partial charge in [-0.15, -0.1) is 0 Å². The Kier molecular flexibility index (Phi) is 2.40. The Morgan fingerprint density at radius 2 is 1.88 bits per heavy atom. The van der Waals surface area contributed by atoms with Crippen LogP contribution in [0.2, 0.25) is 0 Å². The minimum absolute atomic E-state index is 0.383. The minimum atomic E-state index is 0.383. The average molecular weight is 223 g/mol. The minimum Gasteiger partial charge on any atom is -0.378 e. The normalized spacial score (nSPS) is 17.6. The van der Waals surface area contributed by atoms with Crippen LogP contribution in [0.4, 0.5) is 5.69 Å². The highest BCUT2D eigenvalue weighted by Gasteiger charge is 2.17. The molecule has 0 aromatic heterocycles. The number of hydrogen-bond donors (Lipinski definition) is 1. The van der Waals surface area contributed by atoms with E-state index in [-0.39, 0.29) is 0 Å². The molecule has 0 aliphatic carbocycles. The van der Waals surface area contributed by atoms with Crippen LogP contribution in [0.5, 0.6) is 0 Å². The van der Waals surface area contributed by atoms with Crippen LogP contribution in [0, 0.1) is 6.92 Å². The van der Waals surface area contributed by atoms with Gasteiger partial charge >= 0.3 is 0 Å². The van der Waals surface area contributed by atoms with E-state index in [1.165, 1.54) is 27.9 Å². The Morgan fingerprint density at radius 1 is 1.06 bits per heavy atom. The summed E-state index contributed by atoms with van der Waals surface area (Å²) in [5, 5.41) is 3.61. The van der Waals surface area contributed by atoms with Gasteiger partial charge in [0.2, 0.25) is 0 Å². The number of rotatable bonds is 0. The fourth-order valence-electron chi connectivity index (χ4n) is 2.61. The fraction of sp³-hybridized carbons (Fsp3) is 0.250. The SMILES string of the molecule is Cc1ccc2c(c1)[C@H](C)Nc1ccccc1C2. The summed E-state index contributed by atoms with van der Waals surface area (Å²) < 4.78 is 0. The van der Waals surface area contributed by atoms with Crippen molar-refractivity contribution in [2.45, 2.75) is 26.3 Å². The molecule has 1 atom stereocenters. The third kappa shape index (κ3) is 1.82. The Hall–Kier alpha value is -1.76. The highest BCUT2D eigenvalue weighted by Crippen LogP contribution is 2.32. The number of nitrogens with one attached hydrogen (secondary N) is 1. The summed E-state index contributed by atoms with van der Waals surface area (Å²) in [6.45, 7) is 4.39. The molecule has 0 saturated carbocycles. The summed E-state index contributed by atoms with van der Waals surface area (Å²) in [5.74, 6) is 0. The van der Waals surface area contributed by atoms with Gasteiger partial charge in [-0.3, -0.25) is 0 Å². The molecule has 1 aliphatic rings. The Morgan fingerprint density at radius 3 is 2.76 bits per heavy atom. The van der Waals surface area contributed by atoms with Crippen molar-refractivity contribution in [1.82, 2.24) is 0 Å². The lowest BCUT2D eigenvalue weighted by molar-refractivity contribution is 0.879. The van der Waals surface area contributed by atoms with Crippen molar-refractivity contribution in [3.05, 3.63) is 64.7 Å². The van der Waals surface area contributed by atoms with Gasteiger partial charge in [0.05, 0.1) is 0 Å². The third-order valence-corrected chi connectivity index (χ3v) is 3.54. The Bertz CT molecular complexity index is 557. The van der Waals surface area contributed by atoms with Crippen LogP contribution in [0.15, 0.2) is 42.5 Å². The van der Waals surface area contributed by atoms with E-state index in [9.17, 15) is 0 Å². The molecule has 0 fully saturated rings. The lowest BCUT2D eigenvalue weighted by Crippen LogP contribution is -2.06. The van der Waals surface area contributed by atoms with Crippen LogP contribution < -0.4 is 5.32 Å². The highest BCUT2D eigenvalue weighted by atomic mass is 14.9. The first kappa shape index (κ1) is 10.4. The maximum absolute atomic E-state index is 3.61. The summed E-state index contributed by atoms with van der Waals surface area (Å²) >= 11 is 0. The van der Waals surface area contributed by atoms with Crippen LogP contribution >= 0.6 is 0 Å². The predicted molar refractivity (Wildman–Crippen MR) is 72.5 cm³/mol. The van der Waals surface area contributed by atoms with Gasteiger partial charge in [0.15, 0.2) is 0 Å². The molecule has 1 heteroatoms. The number of aryl methyl sites for hydroxylation is 1. The zero-order valence-electron chi connectivity index (χ0n) is 10.3. The summed E-state index contributed by atoms with van der Waals surface area (Å²) in [4.78, 5) is 0. The quantitative estimate of drug-likeness (QED) is 0.709. The summed E-state index contributed by atoms with van der Waals surface area (Å²) in [6, 6.07) is 15.8. The summed E-state index contributed by atoms with van der Waals surface area (Å²) in [5.41, 5.74) is 6.88. The molecule has 1 nitrogen and oxygen atoms in total. The topological polar surface area (TPSA) is 12.0 Å². The lowest BCUT2D eigenvalue weighted by Gasteiger charge is -2.16. The average Bonchev–Trinajstić information content (AvgIpc) is 2.46. The Labute approximate surface area is 102 Å². The monoisotopic (exact) mass is 223 g/mol. The maximum atomic E-state index is 3.61. The molecule has 3 rings (SSSR count). The van der Waals surface area contributed by atoms with Crippen molar-refractivity contribution < 1.29 is 0 Å². The molecule has 0 saturated heterocycles. The second-order valence-corrected chi connectivity index (χ2v) is 4.90. The molecule has 86 valence electrons. The van der Waals surface area contributed by atoms with Gasteiger partial charge in [0.1, 0.15) is 0 Å². The first-order valence-corrected chi connectivity index (χ1v) is 6.18. The van der Waals surface area contributed by atoms with E-state index >= 15 is 0 Å². The van der Waals surface area contributed by atoms with E-state index in [1.807, 2.05) is 0 Å². The van der Waals surface area contributed by atoms with Crippen molar-refractivity contribution in [3.63, 3.8) is 0 Å². The standard InChI is InChI=1S/C16H17N/c1-11-7-8-13-10-14-5-3-4-6-16(14)17-12(2)15(13)9-11/h3-9,12,17H,10H2,1-2H3/t12-/m0/s1. The van der Waals surface area contributed by atoms with Gasteiger partial charge in [-0.2, -0.15) is 0 Å². The molecule has 0 amide bonds. The van der Waals surface area contributed by atoms with Crippen molar-refractivity contribution in [2.75, 3.05) is 5.32 Å². The number of para-hydroxylation sites is 1. The van der Waals surface area contributed by atoms with Crippen molar-refractivity contribution in [3.8, 4) is 0 Å². The van der Waals surface area contributed by atoms with Crippen LogP contribution in [0.1, 0.15) is 35.2 Å². The molecule has 0 spiro atoms. The van der Waals surface area contributed by atoms with Gasteiger partial charge in [-0.25, -0.2) is 0 Å². The van der Waals surface area contributed by atoms with E-state index in [4.69, 9.17) is 0 Å². The molecule has 17 heavy (non-hydrogen) atoms. The molecule has 1 N–H and O–H groups in total. The molecule has 2 aromatic carbocycles. The molecule has 0 unspecified atom stereocenters. The van der Waals surface area contributed by atoms with E-state index in [0.29, 0.717) is 6.04 Å². The molecule has 0 radical (unpaired) electrons. The first-order valence-electron chi connectivity index (χ1n) is 6.18. The number of anilines is 1. The second kappa shape index (κ2) is 3.92. The predicted octanol–water partition coefficient (Wildman–Crippen LogP) is 4.07. The molecule has 1 heterocycles. The van der Waals surface area contributed by atoms with Crippen LogP contribution in [0.3, 0.4) is 0 Å². The molecule has 0 bridgehead atoms. The largest absolute Gasteiger partial charge is 0.378 e. The van der Waals surface area contributed by atoms with Crippen LogP contribution in [0.25, 0.3) is 0 Å². The molecule has 2 aromatic rings. The van der Waals surface area contributed by atoms with Gasteiger partial charge in [0, 0.05) is 11.7 Å². The smallest absolute Gasteiger partial charge is 0.0488 e. The number of benzene rings is 2. The van der Waals surface area contributed by atoms with Crippen LogP contribution in [-0.2, 0) is 6.42 Å². The van der Waals surface area contributed by atoms with E-state index in [0.717, 1.165) is 6.42 Å². The van der Waals surface area contributed by atoms with Gasteiger partial charge in [-0.05, 0) is 43.0 Å². The molecular weight excluding hydrogens is 206 g/mol. The molecule has 1 aliphatic heterocycles. The zero-order chi connectivity index (χ0) is 11.8. The fourth-order valence-corrected chi connectivity index (χ4v) is 2.61.